The highest BCUT2D eigenvalue weighted by molar-refractivity contribution is 4.72. The van der Waals surface area contributed by atoms with Crippen LogP contribution in [0.3, 0.4) is 0 Å². The average Bonchev–Trinajstić information content (AvgIpc) is 2.17. The van der Waals surface area contributed by atoms with Gasteiger partial charge in [-0.1, -0.05) is 19.3 Å². The molecule has 0 bridgehead atoms. The van der Waals surface area contributed by atoms with Crippen molar-refractivity contribution in [1.82, 2.24) is 0 Å². The third-order valence-corrected chi connectivity index (χ3v) is 2.75. The lowest BCUT2D eigenvalue weighted by Crippen LogP contribution is -2.29. The van der Waals surface area contributed by atoms with Crippen molar-refractivity contribution in [2.75, 3.05) is 13.2 Å². The molecule has 1 aliphatic rings. The maximum Gasteiger partial charge on any atom is 0.411 e. The largest absolute Gasteiger partial charge is 0.411 e. The molecule has 0 radical (unpaired) electrons. The maximum absolute atomic E-state index is 11.7. The first-order valence-corrected chi connectivity index (χ1v) is 5.31. The quantitative estimate of drug-likeness (QED) is 0.798. The van der Waals surface area contributed by atoms with Crippen molar-refractivity contribution in [1.29, 1.82) is 0 Å². The van der Waals surface area contributed by atoms with Gasteiger partial charge in [-0.05, 0) is 18.8 Å². The van der Waals surface area contributed by atoms with E-state index in [1.165, 1.54) is 0 Å². The molecule has 1 aliphatic carbocycles. The molecule has 0 spiro atoms. The topological polar surface area (TPSA) is 29.5 Å². The number of aliphatic hydroxyl groups is 1. The number of alkyl halides is 3. The van der Waals surface area contributed by atoms with Gasteiger partial charge in [0.05, 0.1) is 12.7 Å². The zero-order valence-electron chi connectivity index (χ0n) is 8.59. The van der Waals surface area contributed by atoms with Crippen LogP contribution in [-0.4, -0.2) is 30.6 Å². The summed E-state index contributed by atoms with van der Waals surface area (Å²) in [5, 5.41) is 9.58. The van der Waals surface area contributed by atoms with Crippen molar-refractivity contribution in [2.45, 2.75) is 44.4 Å². The molecule has 0 aromatic heterocycles. The number of halogens is 3. The van der Waals surface area contributed by atoms with E-state index in [0.717, 1.165) is 32.1 Å². The van der Waals surface area contributed by atoms with Gasteiger partial charge in [-0.3, -0.25) is 0 Å². The second-order valence-electron chi connectivity index (χ2n) is 4.10. The fraction of sp³-hybridized carbons (Fsp3) is 1.00. The predicted molar refractivity (Wildman–Crippen MR) is 49.5 cm³/mol. The summed E-state index contributed by atoms with van der Waals surface area (Å²) in [7, 11) is 0. The van der Waals surface area contributed by atoms with Crippen molar-refractivity contribution in [3.63, 3.8) is 0 Å². The van der Waals surface area contributed by atoms with Crippen molar-refractivity contribution in [3.05, 3.63) is 0 Å². The van der Waals surface area contributed by atoms with E-state index in [1.54, 1.807) is 0 Å². The molecular weight excluding hydrogens is 209 g/mol. The normalized spacial score (nSPS) is 21.6. The zero-order valence-corrected chi connectivity index (χ0v) is 8.59. The SMILES string of the molecule is OC(COCC(F)(F)F)C1CCCCC1. The summed E-state index contributed by atoms with van der Waals surface area (Å²) in [6.45, 7) is -1.47. The Bertz CT molecular complexity index is 176. The van der Waals surface area contributed by atoms with Gasteiger partial charge in [-0.25, -0.2) is 0 Å². The van der Waals surface area contributed by atoms with Gasteiger partial charge >= 0.3 is 6.18 Å². The fourth-order valence-electron chi connectivity index (χ4n) is 1.95. The van der Waals surface area contributed by atoms with E-state index < -0.39 is 18.9 Å². The number of hydrogen-bond donors (Lipinski definition) is 1. The molecule has 1 saturated carbocycles. The van der Waals surface area contributed by atoms with E-state index in [9.17, 15) is 18.3 Å². The Kier molecular flexibility index (Phi) is 4.86. The summed E-state index contributed by atoms with van der Waals surface area (Å²) in [6.07, 6.45) is 0.0289. The minimum atomic E-state index is -4.30. The lowest BCUT2D eigenvalue weighted by atomic mass is 9.85. The van der Waals surface area contributed by atoms with Crippen LogP contribution < -0.4 is 0 Å². The Morgan fingerprint density at radius 1 is 1.20 bits per heavy atom. The summed E-state index contributed by atoms with van der Waals surface area (Å²) < 4.78 is 39.7. The minimum absolute atomic E-state index is 0.118. The van der Waals surface area contributed by atoms with Gasteiger partial charge in [0.15, 0.2) is 0 Å². The van der Waals surface area contributed by atoms with Gasteiger partial charge in [-0.2, -0.15) is 13.2 Å². The molecule has 1 N–H and O–H groups in total. The first-order valence-electron chi connectivity index (χ1n) is 5.31. The Labute approximate surface area is 87.4 Å². The molecule has 1 unspecified atom stereocenters. The second-order valence-corrected chi connectivity index (χ2v) is 4.10. The standard InChI is InChI=1S/C10H17F3O2/c11-10(12,13)7-15-6-9(14)8-4-2-1-3-5-8/h8-9,14H,1-7H2. The summed E-state index contributed by atoms with van der Waals surface area (Å²) in [6, 6.07) is 0. The fourth-order valence-corrected chi connectivity index (χ4v) is 1.95. The Morgan fingerprint density at radius 2 is 1.80 bits per heavy atom. The zero-order chi connectivity index (χ0) is 11.3. The van der Waals surface area contributed by atoms with E-state index in [1.807, 2.05) is 0 Å². The van der Waals surface area contributed by atoms with E-state index in [4.69, 9.17) is 0 Å². The van der Waals surface area contributed by atoms with Crippen LogP contribution in [0.25, 0.3) is 0 Å². The number of ether oxygens (including phenoxy) is 1. The van der Waals surface area contributed by atoms with Gasteiger partial charge in [0.2, 0.25) is 0 Å². The molecule has 1 rings (SSSR count). The molecule has 0 amide bonds. The van der Waals surface area contributed by atoms with Crippen LogP contribution in [0.4, 0.5) is 13.2 Å². The van der Waals surface area contributed by atoms with Crippen LogP contribution in [0.1, 0.15) is 32.1 Å². The second kappa shape index (κ2) is 5.70. The smallest absolute Gasteiger partial charge is 0.390 e. The Balaban J connectivity index is 2.14. The highest BCUT2D eigenvalue weighted by atomic mass is 19.4. The summed E-state index contributed by atoms with van der Waals surface area (Å²) in [4.78, 5) is 0. The molecule has 0 aliphatic heterocycles. The molecule has 1 atom stereocenters. The Morgan fingerprint density at radius 3 is 2.33 bits per heavy atom. The third-order valence-electron chi connectivity index (χ3n) is 2.75. The summed E-state index contributed by atoms with van der Waals surface area (Å²) in [5.41, 5.74) is 0. The highest BCUT2D eigenvalue weighted by Crippen LogP contribution is 2.26. The van der Waals surface area contributed by atoms with Crippen LogP contribution in [0.2, 0.25) is 0 Å². The van der Waals surface area contributed by atoms with Gasteiger partial charge in [0.25, 0.3) is 0 Å². The minimum Gasteiger partial charge on any atom is -0.390 e. The lowest BCUT2D eigenvalue weighted by molar-refractivity contribution is -0.181. The van der Waals surface area contributed by atoms with Crippen LogP contribution in [0.5, 0.6) is 0 Å². The van der Waals surface area contributed by atoms with Gasteiger partial charge < -0.3 is 9.84 Å². The van der Waals surface area contributed by atoms with Crippen molar-refractivity contribution < 1.29 is 23.0 Å². The molecule has 2 nitrogen and oxygen atoms in total. The average molecular weight is 226 g/mol. The summed E-state index contributed by atoms with van der Waals surface area (Å²) >= 11 is 0. The van der Waals surface area contributed by atoms with Gasteiger partial charge in [0.1, 0.15) is 6.61 Å². The molecule has 15 heavy (non-hydrogen) atoms. The first kappa shape index (κ1) is 12.8. The molecule has 0 aromatic carbocycles. The third kappa shape index (κ3) is 5.37. The first-order chi connectivity index (χ1) is 6.99. The molecule has 0 aromatic rings. The van der Waals surface area contributed by atoms with Crippen molar-refractivity contribution >= 4 is 0 Å². The summed E-state index contributed by atoms with van der Waals surface area (Å²) in [5.74, 6) is 0.118. The molecular formula is C10H17F3O2. The highest BCUT2D eigenvalue weighted by Gasteiger charge is 2.29. The number of hydrogen-bond acceptors (Lipinski definition) is 2. The molecule has 90 valence electrons. The van der Waals surface area contributed by atoms with Crippen molar-refractivity contribution in [3.8, 4) is 0 Å². The molecule has 0 heterocycles. The predicted octanol–water partition coefficient (Wildman–Crippen LogP) is 2.51. The Hall–Kier alpha value is -0.290. The van der Waals surface area contributed by atoms with E-state index in [2.05, 4.69) is 4.74 Å². The molecule has 0 saturated heterocycles. The van der Waals surface area contributed by atoms with Crippen LogP contribution >= 0.6 is 0 Å². The van der Waals surface area contributed by atoms with Gasteiger partial charge in [0, 0.05) is 0 Å². The number of rotatable bonds is 4. The van der Waals surface area contributed by atoms with E-state index in [0.29, 0.717) is 0 Å². The van der Waals surface area contributed by atoms with E-state index >= 15 is 0 Å². The van der Waals surface area contributed by atoms with Crippen LogP contribution in [-0.2, 0) is 4.74 Å². The maximum atomic E-state index is 11.7. The van der Waals surface area contributed by atoms with Crippen molar-refractivity contribution in [2.24, 2.45) is 5.92 Å². The monoisotopic (exact) mass is 226 g/mol. The molecule has 1 fully saturated rings. The lowest BCUT2D eigenvalue weighted by Gasteiger charge is -2.26. The molecule has 5 heteroatoms. The van der Waals surface area contributed by atoms with Gasteiger partial charge in [-0.15, -0.1) is 0 Å². The van der Waals surface area contributed by atoms with Crippen LogP contribution in [0, 0.1) is 5.92 Å². The van der Waals surface area contributed by atoms with Crippen LogP contribution in [0.15, 0.2) is 0 Å². The number of aliphatic hydroxyl groups excluding tert-OH is 1. The van der Waals surface area contributed by atoms with E-state index in [-0.39, 0.29) is 12.5 Å².